The summed E-state index contributed by atoms with van der Waals surface area (Å²) in [5, 5.41) is 9.13. The fourth-order valence-electron chi connectivity index (χ4n) is 2.73. The Morgan fingerprint density at radius 1 is 0.964 bits per heavy atom. The molecule has 2 aromatic carbocycles. The van der Waals surface area contributed by atoms with Crippen LogP contribution in [0.15, 0.2) is 47.6 Å². The Morgan fingerprint density at radius 3 is 2.39 bits per heavy atom. The predicted molar refractivity (Wildman–Crippen MR) is 108 cm³/mol. The molecule has 7 nitrogen and oxygen atoms in total. The van der Waals surface area contributed by atoms with Gasteiger partial charge in [-0.3, -0.25) is 4.79 Å². The molecule has 3 aromatic rings. The molecule has 0 amide bonds. The summed E-state index contributed by atoms with van der Waals surface area (Å²) in [6, 6.07) is 12.7. The van der Waals surface area contributed by atoms with E-state index in [9.17, 15) is 4.79 Å². The topological polar surface area (TPSA) is 75.5 Å². The van der Waals surface area contributed by atoms with E-state index in [1.54, 1.807) is 39.5 Å². The molecule has 1 heterocycles. The average Bonchev–Trinajstić information content (AvgIpc) is 3.11. The standard InChI is InChI=1S/C20H21N3O4S/c1-23-19(14-7-5-6-8-16(14)25-2)21-22-20(23)28-12-15(24)13-9-10-17(26-3)18(11-13)27-4/h5-11H,12H2,1-4H3. The van der Waals surface area contributed by atoms with Gasteiger partial charge in [-0.15, -0.1) is 10.2 Å². The zero-order valence-electron chi connectivity index (χ0n) is 16.1. The summed E-state index contributed by atoms with van der Waals surface area (Å²) in [4.78, 5) is 12.6. The third-order valence-electron chi connectivity index (χ3n) is 4.22. The van der Waals surface area contributed by atoms with Gasteiger partial charge in [-0.2, -0.15) is 0 Å². The van der Waals surface area contributed by atoms with Gasteiger partial charge in [0.2, 0.25) is 0 Å². The molecule has 0 bridgehead atoms. The molecule has 0 aliphatic rings. The molecule has 0 radical (unpaired) electrons. The van der Waals surface area contributed by atoms with Crippen LogP contribution in [-0.4, -0.2) is 47.6 Å². The van der Waals surface area contributed by atoms with E-state index in [2.05, 4.69) is 10.2 Å². The minimum Gasteiger partial charge on any atom is -0.496 e. The SMILES string of the molecule is COc1ccc(C(=O)CSc2nnc(-c3ccccc3OC)n2C)cc1OC. The number of ketones is 1. The van der Waals surface area contributed by atoms with Crippen LogP contribution < -0.4 is 14.2 Å². The van der Waals surface area contributed by atoms with Crippen molar-refractivity contribution in [1.82, 2.24) is 14.8 Å². The van der Waals surface area contributed by atoms with Crippen molar-refractivity contribution in [3.8, 4) is 28.6 Å². The summed E-state index contributed by atoms with van der Waals surface area (Å²) in [7, 11) is 6.58. The van der Waals surface area contributed by atoms with Crippen LogP contribution in [0.4, 0.5) is 0 Å². The van der Waals surface area contributed by atoms with E-state index in [4.69, 9.17) is 14.2 Å². The Hall–Kier alpha value is -3.00. The number of Topliss-reactive ketones (excluding diaryl/α,β-unsaturated/α-hetero) is 1. The van der Waals surface area contributed by atoms with Gasteiger partial charge in [0.05, 0.1) is 32.6 Å². The van der Waals surface area contributed by atoms with Gasteiger partial charge in [0.25, 0.3) is 0 Å². The van der Waals surface area contributed by atoms with Gasteiger partial charge in [0, 0.05) is 12.6 Å². The van der Waals surface area contributed by atoms with Gasteiger partial charge in [0.1, 0.15) is 5.75 Å². The number of benzene rings is 2. The number of thioether (sulfide) groups is 1. The molecule has 3 rings (SSSR count). The van der Waals surface area contributed by atoms with E-state index >= 15 is 0 Å². The van der Waals surface area contributed by atoms with Crippen molar-refractivity contribution in [2.75, 3.05) is 27.1 Å². The van der Waals surface area contributed by atoms with Crippen LogP contribution in [0, 0.1) is 0 Å². The van der Waals surface area contributed by atoms with Crippen LogP contribution in [0.1, 0.15) is 10.4 Å². The molecule has 8 heteroatoms. The Morgan fingerprint density at radius 2 is 1.68 bits per heavy atom. The minimum absolute atomic E-state index is 0.0344. The first-order valence-electron chi connectivity index (χ1n) is 8.49. The van der Waals surface area contributed by atoms with Gasteiger partial charge in [-0.25, -0.2) is 0 Å². The third-order valence-corrected chi connectivity index (χ3v) is 5.24. The van der Waals surface area contributed by atoms with E-state index < -0.39 is 0 Å². The molecule has 0 saturated heterocycles. The van der Waals surface area contributed by atoms with Crippen molar-refractivity contribution < 1.29 is 19.0 Å². The summed E-state index contributed by atoms with van der Waals surface area (Å²) in [5.41, 5.74) is 1.40. The maximum atomic E-state index is 12.6. The normalized spacial score (nSPS) is 10.6. The number of para-hydroxylation sites is 1. The maximum absolute atomic E-state index is 12.6. The molecule has 0 N–H and O–H groups in total. The number of rotatable bonds is 8. The van der Waals surface area contributed by atoms with Crippen LogP contribution in [0.2, 0.25) is 0 Å². The first kappa shape index (κ1) is 19.8. The first-order valence-corrected chi connectivity index (χ1v) is 9.48. The third kappa shape index (κ3) is 3.96. The monoisotopic (exact) mass is 399 g/mol. The Balaban J connectivity index is 1.75. The van der Waals surface area contributed by atoms with Crippen molar-refractivity contribution in [1.29, 1.82) is 0 Å². The molecular formula is C20H21N3O4S. The number of hydrogen-bond acceptors (Lipinski definition) is 7. The highest BCUT2D eigenvalue weighted by atomic mass is 32.2. The van der Waals surface area contributed by atoms with E-state index in [0.717, 1.165) is 11.3 Å². The molecule has 0 aliphatic carbocycles. The van der Waals surface area contributed by atoms with Crippen molar-refractivity contribution in [2.24, 2.45) is 7.05 Å². The molecule has 28 heavy (non-hydrogen) atoms. The smallest absolute Gasteiger partial charge is 0.191 e. The highest BCUT2D eigenvalue weighted by Gasteiger charge is 2.17. The lowest BCUT2D eigenvalue weighted by atomic mass is 10.1. The molecule has 0 unspecified atom stereocenters. The lowest BCUT2D eigenvalue weighted by molar-refractivity contribution is 0.102. The van der Waals surface area contributed by atoms with E-state index in [0.29, 0.717) is 28.0 Å². The highest BCUT2D eigenvalue weighted by molar-refractivity contribution is 7.99. The van der Waals surface area contributed by atoms with Gasteiger partial charge in [-0.05, 0) is 30.3 Å². The molecule has 0 spiro atoms. The van der Waals surface area contributed by atoms with Crippen molar-refractivity contribution in [2.45, 2.75) is 5.16 Å². The highest BCUT2D eigenvalue weighted by Crippen LogP contribution is 2.31. The number of methoxy groups -OCH3 is 3. The number of nitrogens with zero attached hydrogens (tertiary/aromatic N) is 3. The fraction of sp³-hybridized carbons (Fsp3) is 0.250. The molecule has 1 aromatic heterocycles. The van der Waals surface area contributed by atoms with Crippen molar-refractivity contribution in [3.05, 3.63) is 48.0 Å². The fourth-order valence-corrected chi connectivity index (χ4v) is 3.53. The lowest BCUT2D eigenvalue weighted by Crippen LogP contribution is -2.05. The zero-order valence-corrected chi connectivity index (χ0v) is 16.9. The lowest BCUT2D eigenvalue weighted by Gasteiger charge is -2.09. The Kier molecular flexibility index (Phi) is 6.20. The molecule has 0 fully saturated rings. The second-order valence-electron chi connectivity index (χ2n) is 5.85. The molecular weight excluding hydrogens is 378 g/mol. The quantitative estimate of drug-likeness (QED) is 0.424. The first-order chi connectivity index (χ1) is 13.6. The van der Waals surface area contributed by atoms with Gasteiger partial charge < -0.3 is 18.8 Å². The molecule has 0 atom stereocenters. The Labute approximate surface area is 167 Å². The van der Waals surface area contributed by atoms with Crippen molar-refractivity contribution in [3.63, 3.8) is 0 Å². The maximum Gasteiger partial charge on any atom is 0.191 e. The summed E-state index contributed by atoms with van der Waals surface area (Å²) >= 11 is 1.33. The second-order valence-corrected chi connectivity index (χ2v) is 6.79. The molecule has 0 aliphatic heterocycles. The van der Waals surface area contributed by atoms with Crippen LogP contribution in [0.3, 0.4) is 0 Å². The number of hydrogen-bond donors (Lipinski definition) is 0. The van der Waals surface area contributed by atoms with E-state index in [1.165, 1.54) is 11.8 Å². The van der Waals surface area contributed by atoms with Crippen molar-refractivity contribution >= 4 is 17.5 Å². The Bertz CT molecular complexity index is 987. The number of carbonyl (C=O) groups excluding carboxylic acids is 1. The largest absolute Gasteiger partial charge is 0.496 e. The van der Waals surface area contributed by atoms with E-state index in [1.807, 2.05) is 35.9 Å². The summed E-state index contributed by atoms with van der Waals surface area (Å²) in [6.45, 7) is 0. The molecule has 0 saturated carbocycles. The number of carbonyl (C=O) groups is 1. The number of aromatic nitrogens is 3. The minimum atomic E-state index is -0.0344. The predicted octanol–water partition coefficient (Wildman–Crippen LogP) is 3.48. The van der Waals surface area contributed by atoms with E-state index in [-0.39, 0.29) is 11.5 Å². The molecule has 146 valence electrons. The average molecular weight is 399 g/mol. The van der Waals surface area contributed by atoms with Gasteiger partial charge >= 0.3 is 0 Å². The van der Waals surface area contributed by atoms with Crippen LogP contribution in [-0.2, 0) is 7.05 Å². The van der Waals surface area contributed by atoms with Crippen LogP contribution in [0.5, 0.6) is 17.2 Å². The van der Waals surface area contributed by atoms with Crippen LogP contribution in [0.25, 0.3) is 11.4 Å². The summed E-state index contributed by atoms with van der Waals surface area (Å²) in [6.07, 6.45) is 0. The number of ether oxygens (including phenoxy) is 3. The summed E-state index contributed by atoms with van der Waals surface area (Å²) in [5.74, 6) is 2.70. The van der Waals surface area contributed by atoms with Gasteiger partial charge in [-0.1, -0.05) is 23.9 Å². The zero-order chi connectivity index (χ0) is 20.1. The summed E-state index contributed by atoms with van der Waals surface area (Å²) < 4.78 is 17.7. The second kappa shape index (κ2) is 8.79. The van der Waals surface area contributed by atoms with Crippen LogP contribution >= 0.6 is 11.8 Å². The van der Waals surface area contributed by atoms with Gasteiger partial charge in [0.15, 0.2) is 28.3 Å².